The molecule has 0 aliphatic heterocycles. The Labute approximate surface area is 155 Å². The quantitative estimate of drug-likeness (QED) is 0.348. The van der Waals surface area contributed by atoms with E-state index in [9.17, 15) is 15.4 Å². The third-order valence-corrected chi connectivity index (χ3v) is 3.90. The van der Waals surface area contributed by atoms with Gasteiger partial charge >= 0.3 is 0 Å². The lowest BCUT2D eigenvalue weighted by atomic mass is 10.1. The Balaban J connectivity index is 2.44. The molecule has 26 heavy (non-hydrogen) atoms. The highest BCUT2D eigenvalue weighted by Crippen LogP contribution is 2.33. The molecule has 0 spiro atoms. The molecule has 126 valence electrons. The smallest absolute Gasteiger partial charge is 0.270 e. The Hall–Kier alpha value is -3.87. The number of nitro groups is 1. The fourth-order valence-electron chi connectivity index (χ4n) is 1.99. The van der Waals surface area contributed by atoms with Gasteiger partial charge in [-0.15, -0.1) is 0 Å². The van der Waals surface area contributed by atoms with Crippen molar-refractivity contribution in [2.45, 2.75) is 0 Å². The molecule has 2 rings (SSSR count). The van der Waals surface area contributed by atoms with Crippen molar-refractivity contribution in [2.75, 3.05) is 0 Å². The Morgan fingerprint density at radius 1 is 1.19 bits per heavy atom. The van der Waals surface area contributed by atoms with Crippen LogP contribution in [0.2, 0.25) is 0 Å². The monoisotopic (exact) mass is 409 g/mol. The number of halogens is 1. The number of rotatable bonds is 4. The molecule has 1 aromatic carbocycles. The molecule has 0 unspecified atom stereocenters. The van der Waals surface area contributed by atoms with Crippen molar-refractivity contribution in [3.8, 4) is 29.5 Å². The first kappa shape index (κ1) is 18.5. The number of nitrogens with zero attached hydrogens (tertiary/aromatic N) is 4. The molecule has 2 aromatic rings. The average molecular weight is 410 g/mol. The van der Waals surface area contributed by atoms with E-state index in [1.165, 1.54) is 24.3 Å². The Morgan fingerprint density at radius 2 is 1.88 bits per heavy atom. The summed E-state index contributed by atoms with van der Waals surface area (Å²) >= 11 is 3.26. The van der Waals surface area contributed by atoms with E-state index in [1.54, 1.807) is 24.3 Å². The highest BCUT2D eigenvalue weighted by Gasteiger charge is 2.14. The number of benzene rings is 1. The van der Waals surface area contributed by atoms with Crippen molar-refractivity contribution in [2.24, 2.45) is 5.73 Å². The molecule has 0 amide bonds. The third-order valence-electron chi connectivity index (χ3n) is 3.25. The largest absolute Gasteiger partial charge is 0.457 e. The highest BCUT2D eigenvalue weighted by molar-refractivity contribution is 9.10. The molecule has 1 heterocycles. The number of hydrogen-bond acceptors (Lipinski definition) is 7. The van der Waals surface area contributed by atoms with Crippen LogP contribution in [0.4, 0.5) is 5.69 Å². The molecule has 0 bridgehead atoms. The summed E-state index contributed by atoms with van der Waals surface area (Å²) < 4.78 is 6.07. The van der Waals surface area contributed by atoms with Crippen molar-refractivity contribution in [1.82, 2.24) is 0 Å². The predicted octanol–water partition coefficient (Wildman–Crippen LogP) is 3.78. The minimum Gasteiger partial charge on any atom is -0.457 e. The van der Waals surface area contributed by atoms with Crippen LogP contribution in [0.1, 0.15) is 5.76 Å². The standard InChI is InChI=1S/C17H8BrN5O3/c18-15-6-12(23(24)25)1-3-14(15)16-4-2-13(26-16)5-10(7-19)17(22)11(8-20)9-21/h1-6H,22H2/b10-5+. The second kappa shape index (κ2) is 7.80. The van der Waals surface area contributed by atoms with E-state index in [0.29, 0.717) is 15.8 Å². The molecule has 0 fully saturated rings. The normalized spacial score (nSPS) is 10.3. The fraction of sp³-hybridized carbons (Fsp3) is 0. The summed E-state index contributed by atoms with van der Waals surface area (Å²) in [7, 11) is 0. The summed E-state index contributed by atoms with van der Waals surface area (Å²) in [6, 6.07) is 12.4. The third kappa shape index (κ3) is 3.78. The lowest BCUT2D eigenvalue weighted by molar-refractivity contribution is -0.384. The molecular weight excluding hydrogens is 402 g/mol. The number of nitriles is 3. The molecule has 0 radical (unpaired) electrons. The summed E-state index contributed by atoms with van der Waals surface area (Å²) in [6.45, 7) is 0. The number of allylic oxidation sites excluding steroid dienone is 2. The molecule has 1 aromatic heterocycles. The van der Waals surface area contributed by atoms with Crippen LogP contribution in [0.3, 0.4) is 0 Å². The topological polar surface area (TPSA) is 154 Å². The number of non-ortho nitro benzene ring substituents is 1. The fourth-order valence-corrected chi connectivity index (χ4v) is 2.55. The molecule has 0 atom stereocenters. The Morgan fingerprint density at radius 3 is 2.42 bits per heavy atom. The molecule has 9 heteroatoms. The summed E-state index contributed by atoms with van der Waals surface area (Å²) in [5, 5.41) is 37.6. The van der Waals surface area contributed by atoms with E-state index in [-0.39, 0.29) is 28.3 Å². The van der Waals surface area contributed by atoms with E-state index in [2.05, 4.69) is 15.9 Å². The second-order valence-corrected chi connectivity index (χ2v) is 5.66. The van der Waals surface area contributed by atoms with Crippen LogP contribution >= 0.6 is 15.9 Å². The summed E-state index contributed by atoms with van der Waals surface area (Å²) in [5.41, 5.74) is 5.46. The summed E-state index contributed by atoms with van der Waals surface area (Å²) in [6.07, 6.45) is 1.30. The van der Waals surface area contributed by atoms with Crippen LogP contribution in [-0.2, 0) is 0 Å². The maximum Gasteiger partial charge on any atom is 0.270 e. The SMILES string of the molecule is N#CC(C#N)=C(N)/C(C#N)=C/c1ccc(-c2ccc([N+](=O)[O-])cc2Br)o1. The van der Waals surface area contributed by atoms with Gasteiger partial charge in [0.2, 0.25) is 0 Å². The van der Waals surface area contributed by atoms with Crippen LogP contribution in [0.5, 0.6) is 0 Å². The molecule has 2 N–H and O–H groups in total. The number of hydrogen-bond donors (Lipinski definition) is 1. The van der Waals surface area contributed by atoms with E-state index in [0.717, 1.165) is 0 Å². The van der Waals surface area contributed by atoms with Crippen molar-refractivity contribution in [1.29, 1.82) is 15.8 Å². The first-order valence-electron chi connectivity index (χ1n) is 6.87. The van der Waals surface area contributed by atoms with Crippen molar-refractivity contribution in [3.63, 3.8) is 0 Å². The zero-order valence-corrected chi connectivity index (χ0v) is 14.5. The lowest BCUT2D eigenvalue weighted by Crippen LogP contribution is -2.03. The number of nitrogens with two attached hydrogens (primary N) is 1. The molecule has 0 aliphatic carbocycles. The summed E-state index contributed by atoms with van der Waals surface area (Å²) in [4.78, 5) is 10.3. The highest BCUT2D eigenvalue weighted by atomic mass is 79.9. The minimum absolute atomic E-state index is 0.0717. The number of furan rings is 1. The lowest BCUT2D eigenvalue weighted by Gasteiger charge is -2.01. The van der Waals surface area contributed by atoms with Crippen molar-refractivity contribution >= 4 is 27.7 Å². The van der Waals surface area contributed by atoms with Gasteiger partial charge in [0.25, 0.3) is 5.69 Å². The van der Waals surface area contributed by atoms with Gasteiger partial charge in [0, 0.05) is 28.2 Å². The summed E-state index contributed by atoms with van der Waals surface area (Å²) in [5.74, 6) is 0.665. The van der Waals surface area contributed by atoms with Crippen LogP contribution < -0.4 is 5.73 Å². The number of nitro benzene ring substituents is 1. The van der Waals surface area contributed by atoms with Gasteiger partial charge in [-0.1, -0.05) is 0 Å². The van der Waals surface area contributed by atoms with Crippen LogP contribution in [0, 0.1) is 44.1 Å². The maximum atomic E-state index is 10.8. The molecule has 0 saturated carbocycles. The maximum absolute atomic E-state index is 10.8. The van der Waals surface area contributed by atoms with Gasteiger partial charge in [-0.05, 0) is 34.1 Å². The van der Waals surface area contributed by atoms with Gasteiger partial charge in [0.05, 0.1) is 16.2 Å². The first-order chi connectivity index (χ1) is 12.4. The minimum atomic E-state index is -0.513. The molecule has 8 nitrogen and oxygen atoms in total. The Bertz CT molecular complexity index is 1060. The Kier molecular flexibility index (Phi) is 5.54. The zero-order valence-electron chi connectivity index (χ0n) is 12.9. The molecule has 0 aliphatic rings. The van der Waals surface area contributed by atoms with E-state index >= 15 is 0 Å². The van der Waals surface area contributed by atoms with Gasteiger partial charge in [-0.3, -0.25) is 10.1 Å². The van der Waals surface area contributed by atoms with E-state index in [4.69, 9.17) is 20.7 Å². The zero-order chi connectivity index (χ0) is 19.3. The molecular formula is C17H8BrN5O3. The van der Waals surface area contributed by atoms with Gasteiger partial charge in [0.15, 0.2) is 5.57 Å². The van der Waals surface area contributed by atoms with Crippen molar-refractivity contribution in [3.05, 3.63) is 67.5 Å². The first-order valence-corrected chi connectivity index (χ1v) is 7.66. The van der Waals surface area contributed by atoms with Crippen LogP contribution in [0.25, 0.3) is 17.4 Å². The van der Waals surface area contributed by atoms with Crippen LogP contribution in [-0.4, -0.2) is 4.92 Å². The van der Waals surface area contributed by atoms with Gasteiger partial charge < -0.3 is 10.2 Å². The van der Waals surface area contributed by atoms with Crippen molar-refractivity contribution < 1.29 is 9.34 Å². The van der Waals surface area contributed by atoms with Crippen LogP contribution in [0.15, 0.2) is 56.1 Å². The van der Waals surface area contributed by atoms with E-state index in [1.807, 2.05) is 6.07 Å². The second-order valence-electron chi connectivity index (χ2n) is 4.81. The van der Waals surface area contributed by atoms with E-state index < -0.39 is 4.92 Å². The van der Waals surface area contributed by atoms with Gasteiger partial charge in [-0.2, -0.15) is 15.8 Å². The van der Waals surface area contributed by atoms with Gasteiger partial charge in [-0.25, -0.2) is 0 Å². The van der Waals surface area contributed by atoms with Gasteiger partial charge in [0.1, 0.15) is 29.7 Å². The average Bonchev–Trinajstić information content (AvgIpc) is 3.08. The molecule has 0 saturated heterocycles. The predicted molar refractivity (Wildman–Crippen MR) is 94.5 cm³/mol.